The number of nitrogens with one attached hydrogen (secondary N) is 1. The molecule has 1 aliphatic rings. The number of nitrogens with zero attached hydrogens (tertiary/aromatic N) is 3. The molecule has 1 atom stereocenters. The van der Waals surface area contributed by atoms with Crippen LogP contribution in [0.5, 0.6) is 0 Å². The van der Waals surface area contributed by atoms with Crippen LogP contribution < -0.4 is 10.2 Å². The van der Waals surface area contributed by atoms with E-state index in [-0.39, 0.29) is 18.0 Å². The lowest BCUT2D eigenvalue weighted by atomic mass is 10.1. The predicted octanol–water partition coefficient (Wildman–Crippen LogP) is 4.44. The molecule has 1 aliphatic heterocycles. The number of pyridine rings is 1. The topological polar surface area (TPSA) is 82.6 Å². The summed E-state index contributed by atoms with van der Waals surface area (Å²) in [4.78, 5) is 19.2. The Labute approximate surface area is 218 Å². The Bertz CT molecular complexity index is 1410. The summed E-state index contributed by atoms with van der Waals surface area (Å²) in [6.45, 7) is 0.215. The normalized spacial score (nSPS) is 16.4. The van der Waals surface area contributed by atoms with Crippen LogP contribution >= 0.6 is 0 Å². The van der Waals surface area contributed by atoms with Crippen molar-refractivity contribution in [1.82, 2.24) is 14.6 Å². The van der Waals surface area contributed by atoms with Gasteiger partial charge in [-0.25, -0.2) is 17.8 Å². The molecule has 2 heterocycles. The molecule has 0 radical (unpaired) electrons. The Morgan fingerprint density at radius 1 is 1.08 bits per heavy atom. The maximum Gasteiger partial charge on any atom is 0.416 e. The first-order valence-electron chi connectivity index (χ1n) is 11.8. The molecule has 0 spiro atoms. The van der Waals surface area contributed by atoms with Crippen molar-refractivity contribution in [3.8, 4) is 11.3 Å². The average Bonchev–Trinajstić information content (AvgIpc) is 3.38. The van der Waals surface area contributed by atoms with Gasteiger partial charge in [0, 0.05) is 32.7 Å². The average molecular weight is 551 g/mol. The van der Waals surface area contributed by atoms with Crippen LogP contribution in [0.15, 0.2) is 65.6 Å². The van der Waals surface area contributed by atoms with E-state index in [1.54, 1.807) is 31.1 Å². The number of hydrogen-bond acceptors (Lipinski definition) is 5. The number of carbonyl (C=O) groups is 1. The summed E-state index contributed by atoms with van der Waals surface area (Å²) in [5.41, 5.74) is 0.768. The lowest BCUT2D eigenvalue weighted by Gasteiger charge is -2.23. The molecule has 0 saturated carbocycles. The Hall–Kier alpha value is -3.51. The summed E-state index contributed by atoms with van der Waals surface area (Å²) in [5, 5.41) is 2.78. The van der Waals surface area contributed by atoms with Crippen molar-refractivity contribution in [2.45, 2.75) is 36.5 Å². The van der Waals surface area contributed by atoms with Crippen molar-refractivity contribution in [2.75, 3.05) is 25.5 Å². The molecular weight excluding hydrogens is 524 g/mol. The number of halogens is 4. The van der Waals surface area contributed by atoms with Crippen molar-refractivity contribution >= 4 is 21.7 Å². The number of carbonyl (C=O) groups excluding carboxylic acids is 1. The molecule has 1 amide bonds. The number of anilines is 1. The van der Waals surface area contributed by atoms with E-state index >= 15 is 0 Å². The Morgan fingerprint density at radius 3 is 2.34 bits per heavy atom. The smallest absolute Gasteiger partial charge is 0.363 e. The zero-order chi connectivity index (χ0) is 27.7. The summed E-state index contributed by atoms with van der Waals surface area (Å²) < 4.78 is 79.4. The Kier molecular flexibility index (Phi) is 7.75. The van der Waals surface area contributed by atoms with Gasteiger partial charge in [0.05, 0.1) is 16.2 Å². The minimum Gasteiger partial charge on any atom is -0.363 e. The second-order valence-electron chi connectivity index (χ2n) is 9.13. The fourth-order valence-corrected chi connectivity index (χ4v) is 5.88. The number of sulfonamides is 1. The highest BCUT2D eigenvalue weighted by molar-refractivity contribution is 7.89. The van der Waals surface area contributed by atoms with E-state index < -0.39 is 39.5 Å². The van der Waals surface area contributed by atoms with Gasteiger partial charge >= 0.3 is 6.18 Å². The van der Waals surface area contributed by atoms with Crippen molar-refractivity contribution in [2.24, 2.45) is 0 Å². The number of benzene rings is 2. The highest BCUT2D eigenvalue weighted by Gasteiger charge is 2.39. The highest BCUT2D eigenvalue weighted by atomic mass is 32.2. The summed E-state index contributed by atoms with van der Waals surface area (Å²) in [5.74, 6) is -0.509. The molecule has 0 bridgehead atoms. The lowest BCUT2D eigenvalue weighted by Crippen LogP contribution is -2.45. The molecule has 7 nitrogen and oxygen atoms in total. The number of aromatic nitrogens is 1. The molecule has 1 aromatic heterocycles. The van der Waals surface area contributed by atoms with E-state index in [0.29, 0.717) is 35.5 Å². The van der Waals surface area contributed by atoms with Gasteiger partial charge in [-0.15, -0.1) is 0 Å². The first kappa shape index (κ1) is 27.5. The Balaban J connectivity index is 1.53. The largest absolute Gasteiger partial charge is 0.416 e. The van der Waals surface area contributed by atoms with Gasteiger partial charge in [-0.05, 0) is 66.9 Å². The van der Waals surface area contributed by atoms with Crippen molar-refractivity contribution in [1.29, 1.82) is 0 Å². The molecule has 1 saturated heterocycles. The number of rotatable bonds is 7. The van der Waals surface area contributed by atoms with Gasteiger partial charge < -0.3 is 10.2 Å². The fourth-order valence-electron chi connectivity index (χ4n) is 4.22. The highest BCUT2D eigenvalue weighted by Crippen LogP contribution is 2.31. The lowest BCUT2D eigenvalue weighted by molar-refractivity contribution is -0.137. The minimum atomic E-state index is -4.45. The van der Waals surface area contributed by atoms with Crippen LogP contribution in [0.1, 0.15) is 24.0 Å². The van der Waals surface area contributed by atoms with Crippen molar-refractivity contribution in [3.05, 3.63) is 77.6 Å². The second-order valence-corrected chi connectivity index (χ2v) is 11.0. The molecule has 0 unspecified atom stereocenters. The van der Waals surface area contributed by atoms with E-state index in [9.17, 15) is 30.8 Å². The number of amides is 1. The first-order valence-corrected chi connectivity index (χ1v) is 13.2. The molecule has 3 aromatic rings. The van der Waals surface area contributed by atoms with Crippen LogP contribution in [-0.2, 0) is 27.5 Å². The van der Waals surface area contributed by atoms with Crippen LogP contribution in [0, 0.1) is 5.82 Å². The standard InChI is InChI=1S/C26H26F4N4O3S/c1-33(2)24-15-17(14-22(32-24)18-5-7-19(8-6-18)26(28,29)30)16-31-25(35)23-4-3-13-34(23)38(36,37)21-11-9-20(27)10-12-21/h5-12,14-15,23H,3-4,13,16H2,1-2H3,(H,31,35)/t23-/m0/s1. The second kappa shape index (κ2) is 10.7. The van der Waals surface area contributed by atoms with Crippen LogP contribution in [0.3, 0.4) is 0 Å². The molecule has 12 heteroatoms. The van der Waals surface area contributed by atoms with Crippen LogP contribution in [-0.4, -0.2) is 50.3 Å². The van der Waals surface area contributed by atoms with Gasteiger partial charge in [-0.2, -0.15) is 17.5 Å². The summed E-state index contributed by atoms with van der Waals surface area (Å²) in [6, 6.07) is 11.6. The van der Waals surface area contributed by atoms with E-state index in [4.69, 9.17) is 0 Å². The first-order chi connectivity index (χ1) is 17.9. The van der Waals surface area contributed by atoms with Gasteiger partial charge in [0.15, 0.2) is 0 Å². The molecule has 2 aromatic carbocycles. The number of hydrogen-bond donors (Lipinski definition) is 1. The Morgan fingerprint density at radius 2 is 1.74 bits per heavy atom. The van der Waals surface area contributed by atoms with Crippen molar-refractivity contribution in [3.63, 3.8) is 0 Å². The van der Waals surface area contributed by atoms with Gasteiger partial charge in [0.2, 0.25) is 15.9 Å². The molecule has 0 aliphatic carbocycles. The SMILES string of the molecule is CN(C)c1cc(CNC(=O)[C@@H]2CCCN2S(=O)(=O)c2ccc(F)cc2)cc(-c2ccc(C(F)(F)F)cc2)n1. The molecule has 202 valence electrons. The molecule has 1 N–H and O–H groups in total. The third-order valence-corrected chi connectivity index (χ3v) is 8.15. The molecule has 4 rings (SSSR count). The predicted molar refractivity (Wildman–Crippen MR) is 134 cm³/mol. The maximum absolute atomic E-state index is 13.3. The summed E-state index contributed by atoms with van der Waals surface area (Å²) in [6.07, 6.45) is -3.62. The summed E-state index contributed by atoms with van der Waals surface area (Å²) in [7, 11) is -0.475. The van der Waals surface area contributed by atoms with E-state index in [1.165, 1.54) is 24.3 Å². The van der Waals surface area contributed by atoms with E-state index in [0.717, 1.165) is 28.6 Å². The maximum atomic E-state index is 13.3. The van der Waals surface area contributed by atoms with Crippen LogP contribution in [0.2, 0.25) is 0 Å². The minimum absolute atomic E-state index is 0.0523. The zero-order valence-corrected chi connectivity index (χ0v) is 21.5. The van der Waals surface area contributed by atoms with Gasteiger partial charge in [0.25, 0.3) is 0 Å². The molecule has 38 heavy (non-hydrogen) atoms. The molecular formula is C26H26F4N4O3S. The van der Waals surface area contributed by atoms with E-state index in [1.807, 2.05) is 0 Å². The quantitative estimate of drug-likeness (QED) is 0.440. The fraction of sp³-hybridized carbons (Fsp3) is 0.308. The number of alkyl halides is 3. The third kappa shape index (κ3) is 5.97. The van der Waals surface area contributed by atoms with Crippen molar-refractivity contribution < 1.29 is 30.8 Å². The van der Waals surface area contributed by atoms with Crippen LogP contribution in [0.4, 0.5) is 23.4 Å². The van der Waals surface area contributed by atoms with Gasteiger partial charge in [-0.3, -0.25) is 4.79 Å². The third-order valence-electron chi connectivity index (χ3n) is 6.23. The van der Waals surface area contributed by atoms with E-state index in [2.05, 4.69) is 10.3 Å². The van der Waals surface area contributed by atoms with Gasteiger partial charge in [0.1, 0.15) is 17.7 Å². The van der Waals surface area contributed by atoms with Gasteiger partial charge in [-0.1, -0.05) is 12.1 Å². The zero-order valence-electron chi connectivity index (χ0n) is 20.7. The molecule has 1 fully saturated rings. The van der Waals surface area contributed by atoms with Crippen LogP contribution in [0.25, 0.3) is 11.3 Å². The summed E-state index contributed by atoms with van der Waals surface area (Å²) >= 11 is 0. The monoisotopic (exact) mass is 550 g/mol.